The Kier molecular flexibility index (Phi) is 3.12. The van der Waals surface area contributed by atoms with Crippen molar-refractivity contribution in [1.82, 2.24) is 9.88 Å². The van der Waals surface area contributed by atoms with Gasteiger partial charge in [-0.3, -0.25) is 4.79 Å². The van der Waals surface area contributed by atoms with E-state index in [9.17, 15) is 4.79 Å². The summed E-state index contributed by atoms with van der Waals surface area (Å²) >= 11 is 0. The molecule has 4 heteroatoms. The minimum absolute atomic E-state index is 0.404. The Bertz CT molecular complexity index is 555. The molecule has 21 heavy (non-hydrogen) atoms. The van der Waals surface area contributed by atoms with Gasteiger partial charge in [-0.05, 0) is 50.7 Å². The molecule has 1 amide bonds. The molecule has 1 saturated carbocycles. The molecule has 2 unspecified atom stereocenters. The number of anilines is 1. The van der Waals surface area contributed by atoms with Crippen LogP contribution in [0.1, 0.15) is 37.8 Å². The predicted molar refractivity (Wildman–Crippen MR) is 82.2 cm³/mol. The summed E-state index contributed by atoms with van der Waals surface area (Å²) in [5.74, 6) is 2.13. The fourth-order valence-corrected chi connectivity index (χ4v) is 4.03. The van der Waals surface area contributed by atoms with Crippen LogP contribution in [0.3, 0.4) is 0 Å². The third-order valence-corrected chi connectivity index (χ3v) is 5.21. The zero-order chi connectivity index (χ0) is 14.4. The van der Waals surface area contributed by atoms with Crippen LogP contribution in [0, 0.1) is 12.8 Å². The van der Waals surface area contributed by atoms with Crippen LogP contribution in [0.25, 0.3) is 0 Å². The molecular formula is C17H23N3O. The fourth-order valence-electron chi connectivity index (χ4n) is 4.03. The van der Waals surface area contributed by atoms with Crippen LogP contribution in [0.15, 0.2) is 18.2 Å². The zero-order valence-corrected chi connectivity index (χ0v) is 12.7. The van der Waals surface area contributed by atoms with Gasteiger partial charge < -0.3 is 9.80 Å². The molecule has 112 valence electrons. The summed E-state index contributed by atoms with van der Waals surface area (Å²) in [4.78, 5) is 21.5. The van der Waals surface area contributed by atoms with E-state index in [0.29, 0.717) is 23.9 Å². The van der Waals surface area contributed by atoms with Gasteiger partial charge in [-0.1, -0.05) is 6.07 Å². The number of hydrogen-bond acceptors (Lipinski definition) is 3. The van der Waals surface area contributed by atoms with Crippen molar-refractivity contribution in [3.63, 3.8) is 0 Å². The number of rotatable bonds is 2. The Labute approximate surface area is 126 Å². The number of amides is 1. The largest absolute Gasteiger partial charge is 0.356 e. The van der Waals surface area contributed by atoms with Gasteiger partial charge in [0.1, 0.15) is 5.82 Å². The molecule has 2 aliphatic heterocycles. The third kappa shape index (κ3) is 2.41. The molecule has 1 aromatic rings. The second-order valence-electron chi connectivity index (χ2n) is 6.77. The molecule has 1 aliphatic carbocycles. The van der Waals surface area contributed by atoms with Crippen LogP contribution < -0.4 is 4.90 Å². The maximum absolute atomic E-state index is 12.2. The first-order valence-electron chi connectivity index (χ1n) is 8.22. The van der Waals surface area contributed by atoms with E-state index >= 15 is 0 Å². The van der Waals surface area contributed by atoms with E-state index in [2.05, 4.69) is 26.9 Å². The highest BCUT2D eigenvalue weighted by atomic mass is 16.2. The van der Waals surface area contributed by atoms with Crippen molar-refractivity contribution in [3.05, 3.63) is 23.9 Å². The molecule has 0 radical (unpaired) electrons. The average Bonchev–Trinajstić information content (AvgIpc) is 3.31. The number of nitrogens with zero attached hydrogens (tertiary/aromatic N) is 3. The van der Waals surface area contributed by atoms with Gasteiger partial charge in [0.25, 0.3) is 0 Å². The van der Waals surface area contributed by atoms with Crippen LogP contribution >= 0.6 is 0 Å². The Morgan fingerprint density at radius 3 is 2.81 bits per heavy atom. The van der Waals surface area contributed by atoms with Crippen LogP contribution in [0.2, 0.25) is 0 Å². The lowest BCUT2D eigenvalue weighted by atomic mass is 9.83. The Hall–Kier alpha value is -1.58. The Morgan fingerprint density at radius 2 is 2.05 bits per heavy atom. The van der Waals surface area contributed by atoms with Crippen molar-refractivity contribution >= 4 is 11.7 Å². The van der Waals surface area contributed by atoms with Gasteiger partial charge in [0.2, 0.25) is 5.91 Å². The van der Waals surface area contributed by atoms with Gasteiger partial charge in [-0.15, -0.1) is 0 Å². The maximum Gasteiger partial charge on any atom is 0.223 e. The van der Waals surface area contributed by atoms with Gasteiger partial charge >= 0.3 is 0 Å². The van der Waals surface area contributed by atoms with Crippen molar-refractivity contribution in [3.8, 4) is 0 Å². The number of hydrogen-bond donors (Lipinski definition) is 0. The molecule has 0 N–H and O–H groups in total. The van der Waals surface area contributed by atoms with E-state index < -0.39 is 0 Å². The van der Waals surface area contributed by atoms with Crippen molar-refractivity contribution < 1.29 is 4.79 Å². The quantitative estimate of drug-likeness (QED) is 0.837. The van der Waals surface area contributed by atoms with Gasteiger partial charge in [0.15, 0.2) is 0 Å². The number of aromatic nitrogens is 1. The van der Waals surface area contributed by atoms with E-state index in [0.717, 1.165) is 43.9 Å². The maximum atomic E-state index is 12.2. The molecule has 3 heterocycles. The fraction of sp³-hybridized carbons (Fsp3) is 0.647. The van der Waals surface area contributed by atoms with Crippen LogP contribution in [0.5, 0.6) is 0 Å². The van der Waals surface area contributed by atoms with Gasteiger partial charge in [-0.2, -0.15) is 0 Å². The molecular weight excluding hydrogens is 262 g/mol. The summed E-state index contributed by atoms with van der Waals surface area (Å²) in [6.07, 6.45) is 5.33. The molecule has 0 spiro atoms. The van der Waals surface area contributed by atoms with E-state index in [-0.39, 0.29) is 0 Å². The Morgan fingerprint density at radius 1 is 1.19 bits per heavy atom. The van der Waals surface area contributed by atoms with E-state index in [4.69, 9.17) is 0 Å². The number of likely N-dealkylation sites (tertiary alicyclic amines) is 1. The van der Waals surface area contributed by atoms with Crippen LogP contribution in [-0.4, -0.2) is 41.0 Å². The average molecular weight is 285 g/mol. The van der Waals surface area contributed by atoms with Crippen LogP contribution in [-0.2, 0) is 4.79 Å². The molecule has 3 fully saturated rings. The van der Waals surface area contributed by atoms with Crippen molar-refractivity contribution in [2.75, 3.05) is 18.0 Å². The zero-order valence-electron chi connectivity index (χ0n) is 12.7. The van der Waals surface area contributed by atoms with Crippen molar-refractivity contribution in [2.45, 2.75) is 51.1 Å². The van der Waals surface area contributed by atoms with Crippen LogP contribution in [0.4, 0.5) is 5.82 Å². The van der Waals surface area contributed by atoms with E-state index in [1.54, 1.807) is 0 Å². The number of fused-ring (bicyclic) bond motifs is 1. The summed E-state index contributed by atoms with van der Waals surface area (Å²) in [6.45, 7) is 4.12. The molecule has 2 atom stereocenters. The predicted octanol–water partition coefficient (Wildman–Crippen LogP) is 2.37. The molecule has 0 aromatic carbocycles. The van der Waals surface area contributed by atoms with E-state index in [1.165, 1.54) is 12.8 Å². The molecule has 1 aromatic heterocycles. The first-order chi connectivity index (χ1) is 10.2. The highest BCUT2D eigenvalue weighted by Crippen LogP contribution is 2.39. The number of aryl methyl sites for hydroxylation is 1. The summed E-state index contributed by atoms with van der Waals surface area (Å²) in [7, 11) is 0. The Balaban J connectivity index is 1.52. The lowest BCUT2D eigenvalue weighted by molar-refractivity contribution is -0.140. The summed E-state index contributed by atoms with van der Waals surface area (Å²) in [5, 5.41) is 0. The normalized spacial score (nSPS) is 29.5. The summed E-state index contributed by atoms with van der Waals surface area (Å²) in [6, 6.07) is 7.29. The van der Waals surface area contributed by atoms with Crippen molar-refractivity contribution in [2.24, 2.45) is 5.92 Å². The molecule has 2 saturated heterocycles. The molecule has 3 aliphatic rings. The number of pyridine rings is 1. The molecule has 0 bridgehead atoms. The molecule has 4 rings (SSSR count). The lowest BCUT2D eigenvalue weighted by Gasteiger charge is -2.47. The first kappa shape index (κ1) is 13.1. The SMILES string of the molecule is Cc1cccc(N2CCC3C(CCC(=O)N3C3CC3)C2)n1. The third-order valence-electron chi connectivity index (χ3n) is 5.21. The topological polar surface area (TPSA) is 36.4 Å². The van der Waals surface area contributed by atoms with Gasteiger partial charge in [0, 0.05) is 37.3 Å². The summed E-state index contributed by atoms with van der Waals surface area (Å²) < 4.78 is 0. The second-order valence-corrected chi connectivity index (χ2v) is 6.77. The number of piperidine rings is 2. The number of carbonyl (C=O) groups excluding carboxylic acids is 1. The number of carbonyl (C=O) groups is 1. The second kappa shape index (κ2) is 5.00. The highest BCUT2D eigenvalue weighted by Gasteiger charge is 2.45. The standard InChI is InChI=1S/C17H23N3O/c1-12-3-2-4-16(18-12)19-10-9-15-13(11-19)5-8-17(21)20(15)14-6-7-14/h2-4,13-15H,5-11H2,1H3. The highest BCUT2D eigenvalue weighted by molar-refractivity contribution is 5.78. The van der Waals surface area contributed by atoms with Gasteiger partial charge in [-0.25, -0.2) is 4.98 Å². The minimum Gasteiger partial charge on any atom is -0.356 e. The lowest BCUT2D eigenvalue weighted by Crippen LogP contribution is -2.56. The minimum atomic E-state index is 0.404. The first-order valence-corrected chi connectivity index (χ1v) is 8.22. The van der Waals surface area contributed by atoms with Crippen molar-refractivity contribution in [1.29, 1.82) is 0 Å². The molecule has 4 nitrogen and oxygen atoms in total. The summed E-state index contributed by atoms with van der Waals surface area (Å²) in [5.41, 5.74) is 1.08. The van der Waals surface area contributed by atoms with E-state index in [1.807, 2.05) is 13.0 Å². The van der Waals surface area contributed by atoms with Gasteiger partial charge in [0.05, 0.1) is 0 Å². The monoisotopic (exact) mass is 285 g/mol. The smallest absolute Gasteiger partial charge is 0.223 e.